The third-order valence-electron chi connectivity index (χ3n) is 4.36. The van der Waals surface area contributed by atoms with E-state index in [2.05, 4.69) is 0 Å². The van der Waals surface area contributed by atoms with Crippen LogP contribution in [0.1, 0.15) is 39.6 Å². The lowest BCUT2D eigenvalue weighted by Gasteiger charge is -2.22. The zero-order chi connectivity index (χ0) is 18.0. The van der Waals surface area contributed by atoms with Gasteiger partial charge in [-0.2, -0.15) is 0 Å². The van der Waals surface area contributed by atoms with Crippen molar-refractivity contribution in [2.75, 3.05) is 18.0 Å². The van der Waals surface area contributed by atoms with E-state index in [0.717, 1.165) is 16.2 Å². The Morgan fingerprint density at radius 2 is 1.64 bits per heavy atom. The van der Waals surface area contributed by atoms with Gasteiger partial charge in [-0.15, -0.1) is 0 Å². The molecule has 5 heteroatoms. The van der Waals surface area contributed by atoms with Crippen molar-refractivity contribution in [3.05, 3.63) is 65.2 Å². The number of aryl methyl sites for hydroxylation is 1. The van der Waals surface area contributed by atoms with Crippen molar-refractivity contribution >= 4 is 23.4 Å². The Labute approximate surface area is 146 Å². The van der Waals surface area contributed by atoms with Crippen LogP contribution in [0.15, 0.2) is 48.5 Å². The fourth-order valence-corrected chi connectivity index (χ4v) is 3.08. The Balaban J connectivity index is 1.70. The standard InChI is InChI=1S/C20H20N2O3/c1-3-21(15-8-6-7-14(2)13-15)18(23)11-12-22-19(24)16-9-4-5-10-17(16)20(22)25/h4-10,13H,3,11-12H2,1-2H3. The summed E-state index contributed by atoms with van der Waals surface area (Å²) in [6.07, 6.45) is 0.104. The molecule has 3 amide bonds. The number of hydrogen-bond acceptors (Lipinski definition) is 3. The molecule has 0 unspecified atom stereocenters. The lowest BCUT2D eigenvalue weighted by atomic mass is 10.1. The Hall–Kier alpha value is -2.95. The fraction of sp³-hybridized carbons (Fsp3) is 0.250. The normalized spacial score (nSPS) is 13.1. The minimum absolute atomic E-state index is 0.0908. The van der Waals surface area contributed by atoms with Crippen molar-refractivity contribution < 1.29 is 14.4 Å². The highest BCUT2D eigenvalue weighted by molar-refractivity contribution is 6.21. The highest BCUT2D eigenvalue weighted by atomic mass is 16.2. The molecule has 2 aromatic carbocycles. The van der Waals surface area contributed by atoms with Gasteiger partial charge in [-0.25, -0.2) is 0 Å². The number of fused-ring (bicyclic) bond motifs is 1. The molecule has 0 N–H and O–H groups in total. The van der Waals surface area contributed by atoms with E-state index < -0.39 is 0 Å². The molecule has 0 aliphatic carbocycles. The predicted octanol–water partition coefficient (Wildman–Crippen LogP) is 3.03. The highest BCUT2D eigenvalue weighted by Crippen LogP contribution is 2.23. The summed E-state index contributed by atoms with van der Waals surface area (Å²) in [5.41, 5.74) is 2.72. The summed E-state index contributed by atoms with van der Waals surface area (Å²) in [4.78, 5) is 40.1. The van der Waals surface area contributed by atoms with Crippen LogP contribution < -0.4 is 4.90 Å². The minimum Gasteiger partial charge on any atom is -0.313 e. The Morgan fingerprint density at radius 1 is 1.00 bits per heavy atom. The van der Waals surface area contributed by atoms with Gasteiger partial charge in [0.05, 0.1) is 11.1 Å². The summed E-state index contributed by atoms with van der Waals surface area (Å²) in [6, 6.07) is 14.5. The SMILES string of the molecule is CCN(C(=O)CCN1C(=O)c2ccccc2C1=O)c1cccc(C)c1. The van der Waals surface area contributed by atoms with Crippen LogP contribution in [-0.4, -0.2) is 35.7 Å². The van der Waals surface area contributed by atoms with Gasteiger partial charge in [0, 0.05) is 25.2 Å². The van der Waals surface area contributed by atoms with Crippen LogP contribution in [0.25, 0.3) is 0 Å². The summed E-state index contributed by atoms with van der Waals surface area (Å²) in [7, 11) is 0. The molecule has 1 heterocycles. The molecule has 0 bridgehead atoms. The zero-order valence-corrected chi connectivity index (χ0v) is 14.4. The van der Waals surface area contributed by atoms with Gasteiger partial charge in [0.1, 0.15) is 0 Å². The number of carbonyl (C=O) groups excluding carboxylic acids is 3. The van der Waals surface area contributed by atoms with Crippen LogP contribution in [0.4, 0.5) is 5.69 Å². The van der Waals surface area contributed by atoms with E-state index in [1.165, 1.54) is 0 Å². The quantitative estimate of drug-likeness (QED) is 0.789. The monoisotopic (exact) mass is 336 g/mol. The van der Waals surface area contributed by atoms with Gasteiger partial charge in [0.2, 0.25) is 5.91 Å². The molecule has 0 radical (unpaired) electrons. The third kappa shape index (κ3) is 3.18. The Kier molecular flexibility index (Phi) is 4.65. The first-order valence-corrected chi connectivity index (χ1v) is 8.35. The van der Waals surface area contributed by atoms with Crippen LogP contribution in [-0.2, 0) is 4.79 Å². The van der Waals surface area contributed by atoms with Crippen molar-refractivity contribution in [3.63, 3.8) is 0 Å². The smallest absolute Gasteiger partial charge is 0.261 e. The molecule has 5 nitrogen and oxygen atoms in total. The van der Waals surface area contributed by atoms with Gasteiger partial charge in [-0.1, -0.05) is 24.3 Å². The van der Waals surface area contributed by atoms with Crippen LogP contribution in [0.2, 0.25) is 0 Å². The highest BCUT2D eigenvalue weighted by Gasteiger charge is 2.35. The van der Waals surface area contributed by atoms with Crippen LogP contribution in [0.3, 0.4) is 0 Å². The number of nitrogens with zero attached hydrogens (tertiary/aromatic N) is 2. The van der Waals surface area contributed by atoms with Gasteiger partial charge < -0.3 is 4.90 Å². The number of imide groups is 1. The van der Waals surface area contributed by atoms with E-state index in [1.807, 2.05) is 38.1 Å². The summed E-state index contributed by atoms with van der Waals surface area (Å²) in [6.45, 7) is 4.50. The Morgan fingerprint density at radius 3 is 2.20 bits per heavy atom. The number of carbonyl (C=O) groups is 3. The fourth-order valence-electron chi connectivity index (χ4n) is 3.08. The van der Waals surface area contributed by atoms with E-state index >= 15 is 0 Å². The topological polar surface area (TPSA) is 57.7 Å². The molecule has 1 aliphatic heterocycles. The first-order valence-electron chi connectivity index (χ1n) is 8.35. The molecule has 0 aromatic heterocycles. The largest absolute Gasteiger partial charge is 0.313 e. The van der Waals surface area contributed by atoms with E-state index in [-0.39, 0.29) is 30.7 Å². The van der Waals surface area contributed by atoms with Crippen LogP contribution in [0, 0.1) is 6.92 Å². The Bertz CT molecular complexity index is 809. The molecular weight excluding hydrogens is 316 g/mol. The predicted molar refractivity (Wildman–Crippen MR) is 95.6 cm³/mol. The number of rotatable bonds is 5. The maximum absolute atomic E-state index is 12.6. The van der Waals surface area contributed by atoms with Crippen molar-refractivity contribution in [1.82, 2.24) is 4.90 Å². The molecule has 25 heavy (non-hydrogen) atoms. The van der Waals surface area contributed by atoms with Crippen molar-refractivity contribution in [2.24, 2.45) is 0 Å². The molecule has 3 rings (SSSR count). The molecule has 1 aliphatic rings. The molecular formula is C20H20N2O3. The van der Waals surface area contributed by atoms with Crippen molar-refractivity contribution in [2.45, 2.75) is 20.3 Å². The molecule has 0 fully saturated rings. The van der Waals surface area contributed by atoms with Gasteiger partial charge >= 0.3 is 0 Å². The van der Waals surface area contributed by atoms with Crippen molar-refractivity contribution in [1.29, 1.82) is 0 Å². The molecule has 0 atom stereocenters. The second-order valence-electron chi connectivity index (χ2n) is 6.03. The van der Waals surface area contributed by atoms with Crippen LogP contribution >= 0.6 is 0 Å². The summed E-state index contributed by atoms with van der Waals surface area (Å²) in [5.74, 6) is -0.760. The molecule has 0 saturated carbocycles. The lowest BCUT2D eigenvalue weighted by Crippen LogP contribution is -2.36. The average molecular weight is 336 g/mol. The summed E-state index contributed by atoms with van der Waals surface area (Å²) < 4.78 is 0. The van der Waals surface area contributed by atoms with Crippen LogP contribution in [0.5, 0.6) is 0 Å². The summed E-state index contributed by atoms with van der Waals surface area (Å²) in [5, 5.41) is 0. The first-order chi connectivity index (χ1) is 12.0. The zero-order valence-electron chi connectivity index (χ0n) is 14.4. The molecule has 2 aromatic rings. The van der Waals surface area contributed by atoms with E-state index in [1.54, 1.807) is 29.2 Å². The van der Waals surface area contributed by atoms with Gasteiger partial charge in [-0.05, 0) is 43.7 Å². The lowest BCUT2D eigenvalue weighted by molar-refractivity contribution is -0.118. The average Bonchev–Trinajstić information content (AvgIpc) is 2.85. The second-order valence-corrected chi connectivity index (χ2v) is 6.03. The third-order valence-corrected chi connectivity index (χ3v) is 4.36. The van der Waals surface area contributed by atoms with E-state index in [9.17, 15) is 14.4 Å². The molecule has 128 valence electrons. The van der Waals surface area contributed by atoms with Gasteiger partial charge in [0.15, 0.2) is 0 Å². The van der Waals surface area contributed by atoms with E-state index in [0.29, 0.717) is 17.7 Å². The number of benzene rings is 2. The first kappa shape index (κ1) is 16.9. The molecule has 0 saturated heterocycles. The molecule has 0 spiro atoms. The number of hydrogen-bond donors (Lipinski definition) is 0. The summed E-state index contributed by atoms with van der Waals surface area (Å²) >= 11 is 0. The van der Waals surface area contributed by atoms with E-state index in [4.69, 9.17) is 0 Å². The van der Waals surface area contributed by atoms with Gasteiger partial charge in [-0.3, -0.25) is 19.3 Å². The second kappa shape index (κ2) is 6.89. The van der Waals surface area contributed by atoms with Gasteiger partial charge in [0.25, 0.3) is 11.8 Å². The number of anilines is 1. The minimum atomic E-state index is -0.327. The maximum atomic E-state index is 12.6. The van der Waals surface area contributed by atoms with Crippen molar-refractivity contribution in [3.8, 4) is 0 Å². The number of amides is 3. The maximum Gasteiger partial charge on any atom is 0.261 e.